The summed E-state index contributed by atoms with van der Waals surface area (Å²) in [6.45, 7) is 1.79. The SMILES string of the molecule is C#CC(CC(=O)C=CC)OC. The Bertz CT molecular complexity index is 186. The zero-order valence-electron chi connectivity index (χ0n) is 6.83. The second-order valence-corrected chi connectivity index (χ2v) is 2.06. The number of ketones is 1. The molecule has 0 aromatic heterocycles. The predicted molar refractivity (Wildman–Crippen MR) is 44.1 cm³/mol. The van der Waals surface area contributed by atoms with Crippen molar-refractivity contribution in [2.45, 2.75) is 19.4 Å². The Morgan fingerprint density at radius 2 is 2.45 bits per heavy atom. The number of hydrogen-bond acceptors (Lipinski definition) is 2. The first-order chi connectivity index (χ1) is 5.24. The Hall–Kier alpha value is -1.07. The van der Waals surface area contributed by atoms with Gasteiger partial charge < -0.3 is 4.74 Å². The topological polar surface area (TPSA) is 26.3 Å². The molecule has 0 N–H and O–H groups in total. The Balaban J connectivity index is 3.84. The van der Waals surface area contributed by atoms with Crippen LogP contribution < -0.4 is 0 Å². The minimum atomic E-state index is -0.390. The molecule has 0 aromatic carbocycles. The first-order valence-corrected chi connectivity index (χ1v) is 3.39. The summed E-state index contributed by atoms with van der Waals surface area (Å²) in [6.07, 6.45) is 8.12. The number of methoxy groups -OCH3 is 1. The van der Waals surface area contributed by atoms with Gasteiger partial charge in [-0.15, -0.1) is 6.42 Å². The van der Waals surface area contributed by atoms with Gasteiger partial charge >= 0.3 is 0 Å². The fraction of sp³-hybridized carbons (Fsp3) is 0.444. The fourth-order valence-electron chi connectivity index (χ4n) is 0.647. The van der Waals surface area contributed by atoms with Crippen LogP contribution in [0.4, 0.5) is 0 Å². The predicted octanol–water partition coefficient (Wildman–Crippen LogP) is 1.17. The van der Waals surface area contributed by atoms with Gasteiger partial charge in [0, 0.05) is 13.5 Å². The van der Waals surface area contributed by atoms with Crippen LogP contribution in [0.1, 0.15) is 13.3 Å². The first-order valence-electron chi connectivity index (χ1n) is 3.39. The lowest BCUT2D eigenvalue weighted by molar-refractivity contribution is -0.116. The molecule has 11 heavy (non-hydrogen) atoms. The normalized spacial score (nSPS) is 12.8. The van der Waals surface area contributed by atoms with Gasteiger partial charge in [0.1, 0.15) is 6.10 Å². The highest BCUT2D eigenvalue weighted by Crippen LogP contribution is 1.96. The molecule has 0 rings (SSSR count). The highest BCUT2D eigenvalue weighted by Gasteiger charge is 2.06. The highest BCUT2D eigenvalue weighted by molar-refractivity contribution is 5.90. The molecule has 1 unspecified atom stereocenters. The molecule has 0 aliphatic heterocycles. The second kappa shape index (κ2) is 5.70. The number of allylic oxidation sites excluding steroid dienone is 2. The Morgan fingerprint density at radius 1 is 1.82 bits per heavy atom. The molecule has 0 fully saturated rings. The molecule has 0 saturated heterocycles. The Morgan fingerprint density at radius 3 is 2.82 bits per heavy atom. The summed E-state index contributed by atoms with van der Waals surface area (Å²) < 4.78 is 4.83. The van der Waals surface area contributed by atoms with Gasteiger partial charge in [0.15, 0.2) is 5.78 Å². The molecule has 0 amide bonds. The third-order valence-electron chi connectivity index (χ3n) is 1.21. The van der Waals surface area contributed by atoms with Crippen LogP contribution in [0.2, 0.25) is 0 Å². The van der Waals surface area contributed by atoms with Crippen LogP contribution in [0, 0.1) is 12.3 Å². The molecular formula is C9H12O2. The number of rotatable bonds is 4. The summed E-state index contributed by atoms with van der Waals surface area (Å²) in [6, 6.07) is 0. The number of ether oxygens (including phenoxy) is 1. The Labute approximate surface area is 67.2 Å². The maximum Gasteiger partial charge on any atom is 0.158 e. The first kappa shape index (κ1) is 9.93. The van der Waals surface area contributed by atoms with E-state index in [1.54, 1.807) is 13.0 Å². The molecule has 0 aliphatic rings. The number of carbonyl (C=O) groups is 1. The van der Waals surface area contributed by atoms with Gasteiger partial charge in [-0.3, -0.25) is 4.79 Å². The molecule has 0 aliphatic carbocycles. The van der Waals surface area contributed by atoms with Crippen LogP contribution in [-0.2, 0) is 9.53 Å². The number of carbonyl (C=O) groups excluding carboxylic acids is 1. The fourth-order valence-corrected chi connectivity index (χ4v) is 0.647. The lowest BCUT2D eigenvalue weighted by Crippen LogP contribution is -2.12. The minimum Gasteiger partial charge on any atom is -0.368 e. The molecular weight excluding hydrogens is 140 g/mol. The highest BCUT2D eigenvalue weighted by atomic mass is 16.5. The van der Waals surface area contributed by atoms with Gasteiger partial charge in [0.25, 0.3) is 0 Å². The second-order valence-electron chi connectivity index (χ2n) is 2.06. The summed E-state index contributed by atoms with van der Waals surface area (Å²) in [5.74, 6) is 2.36. The number of hydrogen-bond donors (Lipinski definition) is 0. The molecule has 60 valence electrons. The summed E-state index contributed by atoms with van der Waals surface area (Å²) >= 11 is 0. The van der Waals surface area contributed by atoms with Gasteiger partial charge in [-0.25, -0.2) is 0 Å². The van der Waals surface area contributed by atoms with Crippen LogP contribution in [0.5, 0.6) is 0 Å². The van der Waals surface area contributed by atoms with Crippen molar-refractivity contribution in [2.24, 2.45) is 0 Å². The van der Waals surface area contributed by atoms with Crippen LogP contribution in [0.3, 0.4) is 0 Å². The van der Waals surface area contributed by atoms with E-state index in [0.717, 1.165) is 0 Å². The summed E-state index contributed by atoms with van der Waals surface area (Å²) in [5, 5.41) is 0. The standard InChI is InChI=1S/C9H12O2/c1-4-6-8(10)7-9(5-2)11-3/h2,4,6,9H,7H2,1,3H3. The van der Waals surface area contributed by atoms with E-state index in [1.807, 2.05) is 0 Å². The van der Waals surface area contributed by atoms with Gasteiger partial charge in [-0.1, -0.05) is 12.0 Å². The quantitative estimate of drug-likeness (QED) is 0.446. The van der Waals surface area contributed by atoms with Crippen molar-refractivity contribution in [3.63, 3.8) is 0 Å². The van der Waals surface area contributed by atoms with Gasteiger partial charge in [-0.05, 0) is 13.0 Å². The molecule has 0 spiro atoms. The van der Waals surface area contributed by atoms with E-state index in [1.165, 1.54) is 13.2 Å². The largest absolute Gasteiger partial charge is 0.368 e. The van der Waals surface area contributed by atoms with Crippen molar-refractivity contribution in [3.05, 3.63) is 12.2 Å². The third kappa shape index (κ3) is 4.35. The Kier molecular flexibility index (Phi) is 5.14. The van der Waals surface area contributed by atoms with E-state index in [-0.39, 0.29) is 12.2 Å². The van der Waals surface area contributed by atoms with Crippen LogP contribution in [0.15, 0.2) is 12.2 Å². The molecule has 0 radical (unpaired) electrons. The third-order valence-corrected chi connectivity index (χ3v) is 1.21. The van der Waals surface area contributed by atoms with Crippen molar-refractivity contribution in [2.75, 3.05) is 7.11 Å². The van der Waals surface area contributed by atoms with Gasteiger partial charge in [0.2, 0.25) is 0 Å². The van der Waals surface area contributed by atoms with Gasteiger partial charge in [0.05, 0.1) is 0 Å². The van der Waals surface area contributed by atoms with Crippen LogP contribution >= 0.6 is 0 Å². The average Bonchev–Trinajstić information content (AvgIpc) is 2.01. The van der Waals surface area contributed by atoms with Gasteiger partial charge in [-0.2, -0.15) is 0 Å². The molecule has 0 bridgehead atoms. The van der Waals surface area contributed by atoms with E-state index in [0.29, 0.717) is 0 Å². The zero-order valence-corrected chi connectivity index (χ0v) is 6.83. The van der Waals surface area contributed by atoms with E-state index < -0.39 is 6.10 Å². The van der Waals surface area contributed by atoms with E-state index >= 15 is 0 Å². The molecule has 0 heterocycles. The number of terminal acetylenes is 1. The van der Waals surface area contributed by atoms with E-state index in [2.05, 4.69) is 5.92 Å². The maximum absolute atomic E-state index is 10.9. The molecule has 1 atom stereocenters. The summed E-state index contributed by atoms with van der Waals surface area (Å²) in [4.78, 5) is 10.9. The molecule has 0 aromatic rings. The van der Waals surface area contributed by atoms with Crippen LogP contribution in [0.25, 0.3) is 0 Å². The summed E-state index contributed by atoms with van der Waals surface area (Å²) in [7, 11) is 1.49. The van der Waals surface area contributed by atoms with Crippen molar-refractivity contribution in [1.29, 1.82) is 0 Å². The zero-order chi connectivity index (χ0) is 8.69. The molecule has 0 saturated carbocycles. The van der Waals surface area contributed by atoms with Crippen molar-refractivity contribution in [3.8, 4) is 12.3 Å². The van der Waals surface area contributed by atoms with Crippen molar-refractivity contribution < 1.29 is 9.53 Å². The lowest BCUT2D eigenvalue weighted by Gasteiger charge is -2.04. The lowest BCUT2D eigenvalue weighted by atomic mass is 10.2. The monoisotopic (exact) mass is 152 g/mol. The average molecular weight is 152 g/mol. The van der Waals surface area contributed by atoms with Crippen molar-refractivity contribution >= 4 is 5.78 Å². The summed E-state index contributed by atoms with van der Waals surface area (Å²) in [5.41, 5.74) is 0. The minimum absolute atomic E-state index is 0.00250. The van der Waals surface area contributed by atoms with E-state index in [4.69, 9.17) is 11.2 Å². The maximum atomic E-state index is 10.9. The van der Waals surface area contributed by atoms with E-state index in [9.17, 15) is 4.79 Å². The van der Waals surface area contributed by atoms with Crippen LogP contribution in [-0.4, -0.2) is 19.0 Å². The smallest absolute Gasteiger partial charge is 0.158 e. The molecule has 2 nitrogen and oxygen atoms in total. The van der Waals surface area contributed by atoms with Crippen molar-refractivity contribution in [1.82, 2.24) is 0 Å². The molecule has 2 heteroatoms.